The van der Waals surface area contributed by atoms with Gasteiger partial charge >= 0.3 is 0 Å². The quantitative estimate of drug-likeness (QED) is 0.703. The third-order valence-electron chi connectivity index (χ3n) is 2.45. The predicted octanol–water partition coefficient (Wildman–Crippen LogP) is 1.14. The molecule has 3 nitrogen and oxygen atoms in total. The number of hydrogen-bond acceptors (Lipinski definition) is 3. The van der Waals surface area contributed by atoms with E-state index in [9.17, 15) is 9.90 Å². The molecule has 1 heterocycles. The molecule has 1 unspecified atom stereocenters. The van der Waals surface area contributed by atoms with E-state index in [1.54, 1.807) is 0 Å². The molecule has 13 heavy (non-hydrogen) atoms. The summed E-state index contributed by atoms with van der Waals surface area (Å²) in [5.41, 5.74) is -1.34. The summed E-state index contributed by atoms with van der Waals surface area (Å²) in [5, 5.41) is 9.20. The van der Waals surface area contributed by atoms with Crippen LogP contribution in [-0.2, 0) is 9.53 Å². The normalized spacial score (nSPS) is 29.2. The van der Waals surface area contributed by atoms with Crippen LogP contribution in [0.4, 0.5) is 0 Å². The van der Waals surface area contributed by atoms with E-state index in [0.717, 1.165) is 6.42 Å². The van der Waals surface area contributed by atoms with E-state index in [-0.39, 0.29) is 12.4 Å². The summed E-state index contributed by atoms with van der Waals surface area (Å²) in [4.78, 5) is 11.9. The van der Waals surface area contributed by atoms with E-state index >= 15 is 0 Å². The van der Waals surface area contributed by atoms with Gasteiger partial charge in [0.25, 0.3) is 0 Å². The first-order valence-corrected chi connectivity index (χ1v) is 4.72. The number of hydrogen-bond donors (Lipinski definition) is 1. The first kappa shape index (κ1) is 10.7. The molecule has 0 aliphatic carbocycles. The van der Waals surface area contributed by atoms with Crippen LogP contribution in [0.1, 0.15) is 33.6 Å². The van der Waals surface area contributed by atoms with Gasteiger partial charge in [0.05, 0.1) is 6.61 Å². The minimum Gasteiger partial charge on any atom is -0.393 e. The van der Waals surface area contributed by atoms with Gasteiger partial charge in [-0.3, -0.25) is 4.79 Å². The second-order valence-corrected chi connectivity index (χ2v) is 4.68. The molecule has 1 saturated heterocycles. The van der Waals surface area contributed by atoms with Crippen LogP contribution in [0, 0.1) is 5.41 Å². The number of aliphatic hydroxyl groups excluding tert-OH is 1. The van der Waals surface area contributed by atoms with Crippen molar-refractivity contribution in [2.24, 2.45) is 5.41 Å². The first-order valence-electron chi connectivity index (χ1n) is 4.72. The lowest BCUT2D eigenvalue weighted by molar-refractivity contribution is -0.151. The molecule has 0 aromatic heterocycles. The summed E-state index contributed by atoms with van der Waals surface area (Å²) >= 11 is 0. The Morgan fingerprint density at radius 1 is 1.54 bits per heavy atom. The lowest BCUT2D eigenvalue weighted by atomic mass is 9.79. The summed E-state index contributed by atoms with van der Waals surface area (Å²) in [6.07, 6.45) is 1.52. The fraction of sp³-hybridized carbons (Fsp3) is 0.900. The number of rotatable bonds is 2. The summed E-state index contributed by atoms with van der Waals surface area (Å²) in [6.45, 7) is 5.96. The molecule has 1 aliphatic heterocycles. The molecule has 0 bridgehead atoms. The van der Waals surface area contributed by atoms with Crippen molar-refractivity contribution >= 4 is 5.78 Å². The number of aliphatic hydroxyl groups is 1. The van der Waals surface area contributed by atoms with E-state index in [1.807, 2.05) is 20.8 Å². The maximum absolute atomic E-state index is 11.9. The fourth-order valence-corrected chi connectivity index (χ4v) is 1.76. The molecule has 1 aliphatic rings. The van der Waals surface area contributed by atoms with Crippen LogP contribution >= 0.6 is 0 Å². The summed E-state index contributed by atoms with van der Waals surface area (Å²) in [5.74, 6) is 0.0139. The highest BCUT2D eigenvalue weighted by Crippen LogP contribution is 2.33. The molecular weight excluding hydrogens is 168 g/mol. The van der Waals surface area contributed by atoms with Crippen LogP contribution in [0.3, 0.4) is 0 Å². The number of Topliss-reactive ketones (excluding diaryl/α,β-unsaturated/α-hetero) is 1. The summed E-state index contributed by atoms with van der Waals surface area (Å²) in [6, 6.07) is 0. The molecule has 0 radical (unpaired) electrons. The molecule has 0 saturated carbocycles. The molecule has 1 N–H and O–H groups in total. The van der Waals surface area contributed by atoms with Crippen molar-refractivity contribution < 1.29 is 14.6 Å². The van der Waals surface area contributed by atoms with E-state index in [1.165, 1.54) is 0 Å². The van der Waals surface area contributed by atoms with E-state index in [0.29, 0.717) is 13.0 Å². The van der Waals surface area contributed by atoms with Gasteiger partial charge in [-0.05, 0) is 12.8 Å². The molecule has 0 amide bonds. The molecule has 0 aromatic carbocycles. The Hall–Kier alpha value is -0.410. The largest absolute Gasteiger partial charge is 0.393 e. The Morgan fingerprint density at radius 3 is 2.46 bits per heavy atom. The predicted molar refractivity (Wildman–Crippen MR) is 49.5 cm³/mol. The second kappa shape index (κ2) is 3.39. The zero-order chi connectivity index (χ0) is 10.1. The van der Waals surface area contributed by atoms with E-state index < -0.39 is 11.0 Å². The highest BCUT2D eigenvalue weighted by atomic mass is 16.5. The van der Waals surface area contributed by atoms with Crippen molar-refractivity contribution in [2.45, 2.75) is 39.2 Å². The van der Waals surface area contributed by atoms with Crippen molar-refractivity contribution in [3.8, 4) is 0 Å². The maximum Gasteiger partial charge on any atom is 0.172 e. The number of carbonyl (C=O) groups excluding carboxylic acids is 1. The van der Waals surface area contributed by atoms with Crippen LogP contribution in [-0.4, -0.2) is 29.7 Å². The zero-order valence-electron chi connectivity index (χ0n) is 8.59. The molecule has 0 aromatic rings. The van der Waals surface area contributed by atoms with Crippen LogP contribution in [0.5, 0.6) is 0 Å². The van der Waals surface area contributed by atoms with Crippen LogP contribution in [0.2, 0.25) is 0 Å². The van der Waals surface area contributed by atoms with E-state index in [2.05, 4.69) is 0 Å². The lowest BCUT2D eigenvalue weighted by Crippen LogP contribution is -2.47. The molecule has 1 fully saturated rings. The molecule has 76 valence electrons. The van der Waals surface area contributed by atoms with Gasteiger partial charge in [0.1, 0.15) is 5.60 Å². The summed E-state index contributed by atoms with van der Waals surface area (Å²) in [7, 11) is 0. The fourth-order valence-electron chi connectivity index (χ4n) is 1.76. The molecule has 1 atom stereocenters. The molecular formula is C10H18O3. The number of ether oxygens (including phenoxy) is 1. The van der Waals surface area contributed by atoms with Crippen molar-refractivity contribution in [1.82, 2.24) is 0 Å². The SMILES string of the molecule is CC(C)(C)C(=O)C1(CO)CCCO1. The van der Waals surface area contributed by atoms with Gasteiger partial charge in [-0.15, -0.1) is 0 Å². The average molecular weight is 186 g/mol. The number of carbonyl (C=O) groups is 1. The Labute approximate surface area is 79.1 Å². The van der Waals surface area contributed by atoms with Gasteiger partial charge in [-0.25, -0.2) is 0 Å². The smallest absolute Gasteiger partial charge is 0.172 e. The third-order valence-corrected chi connectivity index (χ3v) is 2.45. The Kier molecular flexibility index (Phi) is 2.78. The standard InChI is InChI=1S/C10H18O3/c1-9(2,3)8(12)10(7-11)5-4-6-13-10/h11H,4-7H2,1-3H3. The van der Waals surface area contributed by atoms with Crippen molar-refractivity contribution in [3.05, 3.63) is 0 Å². The van der Waals surface area contributed by atoms with Crippen molar-refractivity contribution in [1.29, 1.82) is 0 Å². The Balaban J connectivity index is 2.83. The third kappa shape index (κ3) is 1.92. The van der Waals surface area contributed by atoms with Crippen molar-refractivity contribution in [2.75, 3.05) is 13.2 Å². The van der Waals surface area contributed by atoms with Crippen LogP contribution in [0.25, 0.3) is 0 Å². The van der Waals surface area contributed by atoms with E-state index in [4.69, 9.17) is 4.74 Å². The van der Waals surface area contributed by atoms with Gasteiger partial charge in [0, 0.05) is 12.0 Å². The van der Waals surface area contributed by atoms with Crippen molar-refractivity contribution in [3.63, 3.8) is 0 Å². The van der Waals surface area contributed by atoms with Crippen LogP contribution in [0.15, 0.2) is 0 Å². The Morgan fingerprint density at radius 2 is 2.15 bits per heavy atom. The Bertz CT molecular complexity index is 197. The highest BCUT2D eigenvalue weighted by molar-refractivity contribution is 5.92. The summed E-state index contributed by atoms with van der Waals surface area (Å²) < 4.78 is 5.38. The van der Waals surface area contributed by atoms with Crippen LogP contribution < -0.4 is 0 Å². The monoisotopic (exact) mass is 186 g/mol. The molecule has 3 heteroatoms. The lowest BCUT2D eigenvalue weighted by Gasteiger charge is -2.31. The van der Waals surface area contributed by atoms with Gasteiger partial charge in [-0.1, -0.05) is 20.8 Å². The minimum absolute atomic E-state index is 0.0139. The number of ketones is 1. The minimum atomic E-state index is -0.905. The zero-order valence-corrected chi connectivity index (χ0v) is 8.59. The molecule has 1 rings (SSSR count). The topological polar surface area (TPSA) is 46.5 Å². The first-order chi connectivity index (χ1) is 5.92. The second-order valence-electron chi connectivity index (χ2n) is 4.68. The van der Waals surface area contributed by atoms with Gasteiger partial charge in [0.15, 0.2) is 5.78 Å². The molecule has 0 spiro atoms. The van der Waals surface area contributed by atoms with Gasteiger partial charge in [-0.2, -0.15) is 0 Å². The van der Waals surface area contributed by atoms with Gasteiger partial charge < -0.3 is 9.84 Å². The average Bonchev–Trinajstić information content (AvgIpc) is 2.50. The highest BCUT2D eigenvalue weighted by Gasteiger charge is 2.46. The van der Waals surface area contributed by atoms with Gasteiger partial charge in [0.2, 0.25) is 0 Å². The maximum atomic E-state index is 11.9.